The van der Waals surface area contributed by atoms with Crippen LogP contribution in [0.5, 0.6) is 0 Å². The van der Waals surface area contributed by atoms with E-state index in [1.165, 1.54) is 5.06 Å². The Morgan fingerprint density at radius 1 is 1.12 bits per heavy atom. The molecule has 1 amide bonds. The van der Waals surface area contributed by atoms with E-state index in [9.17, 15) is 4.79 Å². The zero-order chi connectivity index (χ0) is 17.2. The van der Waals surface area contributed by atoms with Crippen molar-refractivity contribution in [1.29, 1.82) is 0 Å². The first kappa shape index (κ1) is 17.0. The van der Waals surface area contributed by atoms with Gasteiger partial charge in [0, 0.05) is 5.02 Å². The van der Waals surface area contributed by atoms with Gasteiger partial charge in [-0.05, 0) is 31.0 Å². The van der Waals surface area contributed by atoms with Crippen molar-refractivity contribution in [2.75, 3.05) is 0 Å². The van der Waals surface area contributed by atoms with Crippen molar-refractivity contribution in [2.24, 2.45) is 5.41 Å². The van der Waals surface area contributed by atoms with E-state index < -0.39 is 11.7 Å². The van der Waals surface area contributed by atoms with Crippen LogP contribution in [0.4, 0.5) is 0 Å². The molecule has 126 valence electrons. The number of rotatable bonds is 5. The highest BCUT2D eigenvalue weighted by molar-refractivity contribution is 6.31. The lowest BCUT2D eigenvalue weighted by atomic mass is 9.92. The van der Waals surface area contributed by atoms with Crippen LogP contribution in [0, 0.1) is 5.41 Å². The molecule has 1 atom stereocenters. The zero-order valence-corrected chi connectivity index (χ0v) is 14.5. The molecule has 1 aliphatic heterocycles. The number of hydrogen-bond acceptors (Lipinski definition) is 3. The number of hydrogen-bond donors (Lipinski definition) is 0. The molecule has 0 aliphatic carbocycles. The molecule has 1 aliphatic rings. The van der Waals surface area contributed by atoms with Gasteiger partial charge in [-0.15, -0.1) is 0 Å². The SMILES string of the molecule is CC1(C)C(=O)N(Cc2ccccc2Cl)OC1OCc1ccccc1. The van der Waals surface area contributed by atoms with Crippen LogP contribution in [0.15, 0.2) is 54.6 Å². The molecule has 1 fully saturated rings. The van der Waals surface area contributed by atoms with E-state index >= 15 is 0 Å². The molecular formula is C19H20ClNO3. The second-order valence-corrected chi connectivity index (χ2v) is 6.80. The van der Waals surface area contributed by atoms with Crippen molar-refractivity contribution in [3.05, 3.63) is 70.7 Å². The Hall–Kier alpha value is -1.88. The van der Waals surface area contributed by atoms with E-state index in [2.05, 4.69) is 0 Å². The highest BCUT2D eigenvalue weighted by atomic mass is 35.5. The molecule has 1 heterocycles. The first-order valence-corrected chi connectivity index (χ1v) is 8.24. The van der Waals surface area contributed by atoms with Gasteiger partial charge in [0.1, 0.15) is 0 Å². The second-order valence-electron chi connectivity index (χ2n) is 6.39. The number of carbonyl (C=O) groups excluding carboxylic acids is 1. The first-order valence-electron chi connectivity index (χ1n) is 7.86. The summed E-state index contributed by atoms with van der Waals surface area (Å²) in [5, 5.41) is 1.96. The zero-order valence-electron chi connectivity index (χ0n) is 13.7. The van der Waals surface area contributed by atoms with E-state index in [-0.39, 0.29) is 5.91 Å². The average Bonchev–Trinajstić information content (AvgIpc) is 2.79. The fraction of sp³-hybridized carbons (Fsp3) is 0.316. The van der Waals surface area contributed by atoms with Gasteiger partial charge in [-0.1, -0.05) is 60.1 Å². The molecule has 5 heteroatoms. The van der Waals surface area contributed by atoms with Crippen LogP contribution in [0.2, 0.25) is 5.02 Å². The van der Waals surface area contributed by atoms with E-state index in [0.29, 0.717) is 18.2 Å². The minimum absolute atomic E-state index is 0.111. The summed E-state index contributed by atoms with van der Waals surface area (Å²) in [7, 11) is 0. The van der Waals surface area contributed by atoms with E-state index in [0.717, 1.165) is 11.1 Å². The Morgan fingerprint density at radius 2 is 1.79 bits per heavy atom. The Balaban J connectivity index is 1.69. The van der Waals surface area contributed by atoms with Gasteiger partial charge in [0.05, 0.1) is 18.6 Å². The Bertz CT molecular complexity index is 718. The van der Waals surface area contributed by atoms with Gasteiger partial charge in [0.2, 0.25) is 0 Å². The maximum atomic E-state index is 12.6. The third-order valence-corrected chi connectivity index (χ3v) is 4.47. The van der Waals surface area contributed by atoms with E-state index in [1.807, 2.05) is 62.4 Å². The topological polar surface area (TPSA) is 38.8 Å². The predicted molar refractivity (Wildman–Crippen MR) is 91.9 cm³/mol. The van der Waals surface area contributed by atoms with Gasteiger partial charge in [0.25, 0.3) is 5.91 Å². The van der Waals surface area contributed by atoms with Crippen molar-refractivity contribution >= 4 is 17.5 Å². The summed E-state index contributed by atoms with van der Waals surface area (Å²) in [5.41, 5.74) is 1.12. The molecular weight excluding hydrogens is 326 g/mol. The number of carbonyl (C=O) groups is 1. The van der Waals surface area contributed by atoms with Crippen LogP contribution in [-0.2, 0) is 27.5 Å². The van der Waals surface area contributed by atoms with Crippen LogP contribution in [0.1, 0.15) is 25.0 Å². The molecule has 0 spiro atoms. The third-order valence-electron chi connectivity index (χ3n) is 4.11. The lowest BCUT2D eigenvalue weighted by molar-refractivity contribution is -0.251. The summed E-state index contributed by atoms with van der Waals surface area (Å²) in [4.78, 5) is 18.4. The maximum absolute atomic E-state index is 12.6. The van der Waals surface area contributed by atoms with Crippen molar-refractivity contribution in [3.63, 3.8) is 0 Å². The fourth-order valence-corrected chi connectivity index (χ4v) is 2.79. The van der Waals surface area contributed by atoms with Gasteiger partial charge in [-0.2, -0.15) is 0 Å². The summed E-state index contributed by atoms with van der Waals surface area (Å²) in [6.45, 7) is 4.35. The molecule has 1 saturated heterocycles. The van der Waals surface area contributed by atoms with Crippen LogP contribution >= 0.6 is 11.6 Å². The molecule has 2 aromatic carbocycles. The Morgan fingerprint density at radius 3 is 2.50 bits per heavy atom. The molecule has 2 aromatic rings. The molecule has 3 rings (SSSR count). The van der Waals surface area contributed by atoms with Crippen LogP contribution in [0.3, 0.4) is 0 Å². The normalized spacial score (nSPS) is 19.7. The van der Waals surface area contributed by atoms with Gasteiger partial charge in [-0.3, -0.25) is 4.79 Å². The summed E-state index contributed by atoms with van der Waals surface area (Å²) in [6, 6.07) is 17.2. The third kappa shape index (κ3) is 3.46. The Labute approximate surface area is 146 Å². The van der Waals surface area contributed by atoms with Gasteiger partial charge in [-0.25, -0.2) is 9.90 Å². The predicted octanol–water partition coefficient (Wildman–Crippen LogP) is 4.18. The second kappa shape index (κ2) is 6.93. The molecule has 24 heavy (non-hydrogen) atoms. The number of benzene rings is 2. The monoisotopic (exact) mass is 345 g/mol. The average molecular weight is 346 g/mol. The number of amides is 1. The molecule has 4 nitrogen and oxygen atoms in total. The lowest BCUT2D eigenvalue weighted by Gasteiger charge is -2.21. The minimum Gasteiger partial charge on any atom is -0.344 e. The summed E-state index contributed by atoms with van der Waals surface area (Å²) >= 11 is 6.17. The lowest BCUT2D eigenvalue weighted by Crippen LogP contribution is -2.34. The molecule has 0 saturated carbocycles. The fourth-order valence-electron chi connectivity index (χ4n) is 2.59. The van der Waals surface area contributed by atoms with Gasteiger partial charge >= 0.3 is 0 Å². The highest BCUT2D eigenvalue weighted by Gasteiger charge is 2.50. The maximum Gasteiger partial charge on any atom is 0.257 e. The first-order chi connectivity index (χ1) is 11.5. The van der Waals surface area contributed by atoms with Crippen LogP contribution < -0.4 is 0 Å². The highest BCUT2D eigenvalue weighted by Crippen LogP contribution is 2.36. The number of nitrogens with zero attached hydrogens (tertiary/aromatic N) is 1. The molecule has 1 unspecified atom stereocenters. The van der Waals surface area contributed by atoms with Crippen LogP contribution in [-0.4, -0.2) is 17.3 Å². The summed E-state index contributed by atoms with van der Waals surface area (Å²) in [5.74, 6) is -0.111. The molecule has 0 aromatic heterocycles. The Kier molecular flexibility index (Phi) is 4.90. The van der Waals surface area contributed by atoms with E-state index in [4.69, 9.17) is 21.2 Å². The molecule has 0 N–H and O–H groups in total. The minimum atomic E-state index is -0.754. The van der Waals surface area contributed by atoms with Gasteiger partial charge < -0.3 is 4.74 Å². The number of halogens is 1. The van der Waals surface area contributed by atoms with Crippen molar-refractivity contribution in [3.8, 4) is 0 Å². The smallest absolute Gasteiger partial charge is 0.257 e. The van der Waals surface area contributed by atoms with Crippen molar-refractivity contribution < 1.29 is 14.4 Å². The number of ether oxygens (including phenoxy) is 1. The van der Waals surface area contributed by atoms with Crippen molar-refractivity contribution in [2.45, 2.75) is 33.3 Å². The number of hydroxylamine groups is 2. The summed E-state index contributed by atoms with van der Waals surface area (Å²) < 4.78 is 5.86. The largest absolute Gasteiger partial charge is 0.344 e. The van der Waals surface area contributed by atoms with E-state index in [1.54, 1.807) is 6.07 Å². The standard InChI is InChI=1S/C19H20ClNO3/c1-19(2)17(22)21(12-15-10-6-7-11-16(15)20)24-18(19)23-13-14-8-4-3-5-9-14/h3-11,18H,12-13H2,1-2H3. The summed E-state index contributed by atoms with van der Waals surface area (Å²) in [6.07, 6.45) is -0.632. The molecule has 0 radical (unpaired) electrons. The molecule has 0 bridgehead atoms. The van der Waals surface area contributed by atoms with Gasteiger partial charge in [0.15, 0.2) is 6.29 Å². The van der Waals surface area contributed by atoms with Crippen LogP contribution in [0.25, 0.3) is 0 Å². The quantitative estimate of drug-likeness (QED) is 0.815. The van der Waals surface area contributed by atoms with Crippen molar-refractivity contribution in [1.82, 2.24) is 5.06 Å².